The summed E-state index contributed by atoms with van der Waals surface area (Å²) in [5.41, 5.74) is 0.585. The smallest absolute Gasteiger partial charge is 0.334 e. The van der Waals surface area contributed by atoms with Crippen LogP contribution < -0.4 is 4.74 Å². The average Bonchev–Trinajstić information content (AvgIpc) is 2.40. The molecule has 5 nitrogen and oxygen atoms in total. The number of rotatable bonds is 9. The first kappa shape index (κ1) is 15.9. The second kappa shape index (κ2) is 8.10. The van der Waals surface area contributed by atoms with Crippen molar-refractivity contribution >= 4 is 13.9 Å². The van der Waals surface area contributed by atoms with Gasteiger partial charge in [0.25, 0.3) is 0 Å². The molecule has 1 rings (SSSR count). The van der Waals surface area contributed by atoms with Crippen LogP contribution in [-0.4, -0.2) is 32.3 Å². The molecule has 0 aliphatic heterocycles. The van der Waals surface area contributed by atoms with Crippen molar-refractivity contribution in [1.82, 2.24) is 0 Å². The molecule has 0 aliphatic carbocycles. The second-order valence-corrected chi connectivity index (χ2v) is 5.89. The third-order valence-electron chi connectivity index (χ3n) is 2.30. The Morgan fingerprint density at radius 3 is 2.16 bits per heavy atom. The molecule has 0 amide bonds. The molecule has 0 aliphatic rings. The van der Waals surface area contributed by atoms with Gasteiger partial charge in [-0.1, -0.05) is 0 Å². The van der Waals surface area contributed by atoms with Crippen molar-refractivity contribution in [3.8, 4) is 5.75 Å². The highest BCUT2D eigenvalue weighted by Gasteiger charge is 2.23. The maximum atomic E-state index is 12.1. The number of ether oxygens (including phenoxy) is 1. The minimum atomic E-state index is -3.05. The molecule has 1 aromatic carbocycles. The van der Waals surface area contributed by atoms with E-state index in [2.05, 4.69) is 0 Å². The zero-order chi connectivity index (χ0) is 14.1. The van der Waals surface area contributed by atoms with E-state index in [0.717, 1.165) is 6.29 Å². The molecule has 0 radical (unpaired) electrons. The van der Waals surface area contributed by atoms with Crippen LogP contribution in [0.2, 0.25) is 0 Å². The summed E-state index contributed by atoms with van der Waals surface area (Å²) in [6, 6.07) is 6.70. The molecule has 0 N–H and O–H groups in total. The average molecular weight is 286 g/mol. The van der Waals surface area contributed by atoms with Crippen LogP contribution in [0.1, 0.15) is 24.2 Å². The summed E-state index contributed by atoms with van der Waals surface area (Å²) in [7, 11) is -3.05. The summed E-state index contributed by atoms with van der Waals surface area (Å²) in [6.45, 7) is 4.45. The fourth-order valence-electron chi connectivity index (χ4n) is 1.48. The van der Waals surface area contributed by atoms with Crippen molar-refractivity contribution in [1.29, 1.82) is 0 Å². The summed E-state index contributed by atoms with van der Waals surface area (Å²) in [6.07, 6.45) is 0.965. The summed E-state index contributed by atoms with van der Waals surface area (Å²) >= 11 is 0. The Morgan fingerprint density at radius 2 is 1.68 bits per heavy atom. The quantitative estimate of drug-likeness (QED) is 0.515. The summed E-state index contributed by atoms with van der Waals surface area (Å²) < 4.78 is 27.9. The highest BCUT2D eigenvalue weighted by Crippen LogP contribution is 2.47. The van der Waals surface area contributed by atoms with Crippen molar-refractivity contribution in [3.63, 3.8) is 0 Å². The van der Waals surface area contributed by atoms with Gasteiger partial charge in [0.15, 0.2) is 0 Å². The van der Waals surface area contributed by atoms with Crippen molar-refractivity contribution in [2.45, 2.75) is 13.8 Å². The third kappa shape index (κ3) is 5.55. The Hall–Kier alpha value is -1.16. The standard InChI is InChI=1S/C13H19O5P/c1-3-17-19(15,18-4-2)10-9-16-13-7-5-12(11-14)6-8-13/h5-8,11H,3-4,9-10H2,1-2H3. The lowest BCUT2D eigenvalue weighted by Crippen LogP contribution is -2.08. The topological polar surface area (TPSA) is 61.8 Å². The van der Waals surface area contributed by atoms with Gasteiger partial charge < -0.3 is 13.8 Å². The van der Waals surface area contributed by atoms with E-state index in [-0.39, 0.29) is 12.8 Å². The largest absolute Gasteiger partial charge is 0.493 e. The molecule has 0 aromatic heterocycles. The van der Waals surface area contributed by atoms with E-state index in [9.17, 15) is 9.36 Å². The van der Waals surface area contributed by atoms with Gasteiger partial charge in [0.1, 0.15) is 12.0 Å². The van der Waals surface area contributed by atoms with Gasteiger partial charge in [0, 0.05) is 5.56 Å². The van der Waals surface area contributed by atoms with Gasteiger partial charge >= 0.3 is 7.60 Å². The number of carbonyl (C=O) groups excluding carboxylic acids is 1. The first-order valence-corrected chi connectivity index (χ1v) is 7.92. The Labute approximate surface area is 113 Å². The SMILES string of the molecule is CCOP(=O)(CCOc1ccc(C=O)cc1)OCC. The van der Waals surface area contributed by atoms with E-state index >= 15 is 0 Å². The van der Waals surface area contributed by atoms with E-state index < -0.39 is 7.60 Å². The van der Waals surface area contributed by atoms with Crippen molar-refractivity contribution in [3.05, 3.63) is 29.8 Å². The molecule has 0 heterocycles. The lowest BCUT2D eigenvalue weighted by Gasteiger charge is -2.17. The van der Waals surface area contributed by atoms with Crippen LogP contribution in [0.3, 0.4) is 0 Å². The van der Waals surface area contributed by atoms with Crippen LogP contribution in [-0.2, 0) is 13.6 Å². The number of aldehydes is 1. The minimum absolute atomic E-state index is 0.199. The lowest BCUT2D eigenvalue weighted by molar-refractivity contribution is 0.112. The van der Waals surface area contributed by atoms with Crippen molar-refractivity contribution < 1.29 is 23.1 Å². The first-order valence-electron chi connectivity index (χ1n) is 6.19. The van der Waals surface area contributed by atoms with Gasteiger partial charge in [-0.3, -0.25) is 9.36 Å². The Bertz CT molecular complexity index is 419. The highest BCUT2D eigenvalue weighted by molar-refractivity contribution is 7.53. The molecule has 0 saturated carbocycles. The zero-order valence-corrected chi connectivity index (χ0v) is 12.1. The van der Waals surface area contributed by atoms with Crippen LogP contribution >= 0.6 is 7.60 Å². The Morgan fingerprint density at radius 1 is 1.11 bits per heavy atom. The summed E-state index contributed by atoms with van der Waals surface area (Å²) in [5, 5.41) is 0. The van der Waals surface area contributed by atoms with Crippen molar-refractivity contribution in [2.75, 3.05) is 26.0 Å². The summed E-state index contributed by atoms with van der Waals surface area (Å²) in [5.74, 6) is 0.616. The molecule has 1 aromatic rings. The second-order valence-electron chi connectivity index (χ2n) is 3.71. The first-order chi connectivity index (χ1) is 9.13. The van der Waals surface area contributed by atoms with Crippen LogP contribution in [0.15, 0.2) is 24.3 Å². The maximum Gasteiger partial charge on any atom is 0.334 e. The van der Waals surface area contributed by atoms with Crippen LogP contribution in [0.5, 0.6) is 5.75 Å². The van der Waals surface area contributed by atoms with Gasteiger partial charge in [-0.05, 0) is 38.1 Å². The molecular formula is C13H19O5P. The molecular weight excluding hydrogens is 267 g/mol. The van der Waals surface area contributed by atoms with E-state index in [1.54, 1.807) is 38.1 Å². The minimum Gasteiger partial charge on any atom is -0.493 e. The molecule has 0 unspecified atom stereocenters. The van der Waals surface area contributed by atoms with Gasteiger partial charge in [-0.2, -0.15) is 0 Å². The fourth-order valence-corrected chi connectivity index (χ4v) is 2.91. The molecule has 0 spiro atoms. The molecule has 0 bridgehead atoms. The third-order valence-corrected chi connectivity index (χ3v) is 4.34. The fraction of sp³-hybridized carbons (Fsp3) is 0.462. The van der Waals surface area contributed by atoms with Gasteiger partial charge in [0.05, 0.1) is 26.0 Å². The number of benzene rings is 1. The van der Waals surface area contributed by atoms with Crippen LogP contribution in [0.4, 0.5) is 0 Å². The van der Waals surface area contributed by atoms with Gasteiger partial charge in [0.2, 0.25) is 0 Å². The Balaban J connectivity index is 2.46. The van der Waals surface area contributed by atoms with E-state index in [1.165, 1.54) is 0 Å². The monoisotopic (exact) mass is 286 g/mol. The van der Waals surface area contributed by atoms with E-state index in [1.807, 2.05) is 0 Å². The van der Waals surface area contributed by atoms with Gasteiger partial charge in [-0.25, -0.2) is 0 Å². The molecule has 0 fully saturated rings. The lowest BCUT2D eigenvalue weighted by atomic mass is 10.2. The predicted molar refractivity (Wildman–Crippen MR) is 73.1 cm³/mol. The highest BCUT2D eigenvalue weighted by atomic mass is 31.2. The van der Waals surface area contributed by atoms with Gasteiger partial charge in [-0.15, -0.1) is 0 Å². The predicted octanol–water partition coefficient (Wildman–Crippen LogP) is 3.14. The van der Waals surface area contributed by atoms with E-state index in [0.29, 0.717) is 24.5 Å². The van der Waals surface area contributed by atoms with Crippen molar-refractivity contribution in [2.24, 2.45) is 0 Å². The molecule has 0 saturated heterocycles. The Kier molecular flexibility index (Phi) is 6.78. The van der Waals surface area contributed by atoms with Crippen LogP contribution in [0.25, 0.3) is 0 Å². The van der Waals surface area contributed by atoms with E-state index in [4.69, 9.17) is 13.8 Å². The zero-order valence-electron chi connectivity index (χ0n) is 11.2. The molecule has 6 heteroatoms. The molecule has 0 atom stereocenters. The van der Waals surface area contributed by atoms with Crippen LogP contribution in [0, 0.1) is 0 Å². The number of hydrogen-bond acceptors (Lipinski definition) is 5. The number of carbonyl (C=O) groups is 1. The number of hydrogen-bond donors (Lipinski definition) is 0. The summed E-state index contributed by atoms with van der Waals surface area (Å²) in [4.78, 5) is 10.5. The molecule has 106 valence electrons. The molecule has 19 heavy (non-hydrogen) atoms. The normalized spacial score (nSPS) is 11.3. The maximum absolute atomic E-state index is 12.1.